The van der Waals surface area contributed by atoms with Crippen LogP contribution in [0.1, 0.15) is 55.5 Å². The van der Waals surface area contributed by atoms with Crippen LogP contribution in [-0.2, 0) is 16.4 Å². The highest BCUT2D eigenvalue weighted by molar-refractivity contribution is 7.91. The lowest BCUT2D eigenvalue weighted by Crippen LogP contribution is -2.28. The largest absolute Gasteiger partial charge is 0.496 e. The zero-order chi connectivity index (χ0) is 23.4. The topological polar surface area (TPSA) is 62.4 Å². The summed E-state index contributed by atoms with van der Waals surface area (Å²) in [6, 6.07) is 18.5. The van der Waals surface area contributed by atoms with E-state index in [2.05, 4.69) is 47.1 Å². The number of hydrogen-bond acceptors (Lipinski definition) is 4. The highest BCUT2D eigenvalue weighted by Crippen LogP contribution is 2.34. The average Bonchev–Trinajstić information content (AvgIpc) is 3.17. The van der Waals surface area contributed by atoms with E-state index in [4.69, 9.17) is 4.74 Å². The number of benzene rings is 2. The molecule has 4 rings (SSSR count). The number of nitrogens with zero attached hydrogens (tertiary/aromatic N) is 1. The standard InChI is InChI=1S/C27H34N2O3S/c1-4-33(30,31)23-14-16-27(32-3)24(18-23)25-15-13-22(28-25)19-29-17-7-5-6-8-26(29)21-11-9-20(2)10-12-21/h9-16,18,26,28H,4-8,17,19H2,1-3H3/t26-/m1/s1. The van der Waals surface area contributed by atoms with Crippen LogP contribution in [0.15, 0.2) is 59.5 Å². The van der Waals surface area contributed by atoms with Crippen molar-refractivity contribution < 1.29 is 13.2 Å². The summed E-state index contributed by atoms with van der Waals surface area (Å²) in [6.45, 7) is 5.69. The van der Waals surface area contributed by atoms with Crippen molar-refractivity contribution in [3.63, 3.8) is 0 Å². The smallest absolute Gasteiger partial charge is 0.178 e. The van der Waals surface area contributed by atoms with E-state index < -0.39 is 9.84 Å². The number of aromatic nitrogens is 1. The third-order valence-electron chi connectivity index (χ3n) is 6.65. The maximum Gasteiger partial charge on any atom is 0.178 e. The lowest BCUT2D eigenvalue weighted by atomic mass is 9.99. The molecule has 1 aromatic heterocycles. The first kappa shape index (κ1) is 23.6. The van der Waals surface area contributed by atoms with Crippen LogP contribution < -0.4 is 4.74 Å². The number of H-pyrrole nitrogens is 1. The van der Waals surface area contributed by atoms with E-state index in [-0.39, 0.29) is 5.75 Å². The van der Waals surface area contributed by atoms with Gasteiger partial charge in [0.2, 0.25) is 0 Å². The third kappa shape index (κ3) is 5.33. The quantitative estimate of drug-likeness (QED) is 0.470. The first-order chi connectivity index (χ1) is 15.9. The molecule has 0 saturated carbocycles. The van der Waals surface area contributed by atoms with E-state index in [0.29, 0.717) is 16.7 Å². The van der Waals surface area contributed by atoms with Gasteiger partial charge in [0.15, 0.2) is 9.84 Å². The highest BCUT2D eigenvalue weighted by atomic mass is 32.2. The van der Waals surface area contributed by atoms with Crippen LogP contribution in [0.25, 0.3) is 11.3 Å². The van der Waals surface area contributed by atoms with Crippen molar-refractivity contribution in [1.29, 1.82) is 0 Å². The number of nitrogens with one attached hydrogen (secondary N) is 1. The van der Waals surface area contributed by atoms with E-state index >= 15 is 0 Å². The summed E-state index contributed by atoms with van der Waals surface area (Å²) in [5, 5.41) is 0. The number of hydrogen-bond donors (Lipinski definition) is 1. The lowest BCUT2D eigenvalue weighted by molar-refractivity contribution is 0.190. The molecule has 1 aliphatic rings. The fraction of sp³-hybridized carbons (Fsp3) is 0.407. The van der Waals surface area contributed by atoms with Gasteiger partial charge < -0.3 is 9.72 Å². The maximum absolute atomic E-state index is 12.4. The summed E-state index contributed by atoms with van der Waals surface area (Å²) in [7, 11) is -1.68. The van der Waals surface area contributed by atoms with Crippen molar-refractivity contribution in [3.8, 4) is 17.0 Å². The molecule has 5 nitrogen and oxygen atoms in total. The van der Waals surface area contributed by atoms with Gasteiger partial charge in [0.05, 0.1) is 17.8 Å². The van der Waals surface area contributed by atoms with E-state index in [1.165, 1.54) is 36.8 Å². The highest BCUT2D eigenvalue weighted by Gasteiger charge is 2.23. The third-order valence-corrected chi connectivity index (χ3v) is 8.38. The molecule has 0 aliphatic carbocycles. The van der Waals surface area contributed by atoms with E-state index in [0.717, 1.165) is 30.0 Å². The van der Waals surface area contributed by atoms with Gasteiger partial charge in [-0.1, -0.05) is 49.6 Å². The molecular formula is C27H34N2O3S. The van der Waals surface area contributed by atoms with Crippen molar-refractivity contribution in [2.45, 2.75) is 57.0 Å². The number of methoxy groups -OCH3 is 1. The van der Waals surface area contributed by atoms with Crippen LogP contribution in [0.4, 0.5) is 0 Å². The van der Waals surface area contributed by atoms with Gasteiger partial charge in [-0.3, -0.25) is 4.90 Å². The molecule has 3 aromatic rings. The molecule has 0 amide bonds. The second-order valence-electron chi connectivity index (χ2n) is 8.91. The molecule has 0 radical (unpaired) electrons. The van der Waals surface area contributed by atoms with Crippen LogP contribution in [0.2, 0.25) is 0 Å². The summed E-state index contributed by atoms with van der Waals surface area (Å²) in [4.78, 5) is 6.43. The molecular weight excluding hydrogens is 432 g/mol. The first-order valence-electron chi connectivity index (χ1n) is 11.8. The predicted octanol–water partition coefficient (Wildman–Crippen LogP) is 5.91. The minimum absolute atomic E-state index is 0.0735. The van der Waals surface area contributed by atoms with Crippen molar-refractivity contribution in [2.75, 3.05) is 19.4 Å². The SMILES string of the molecule is CCS(=O)(=O)c1ccc(OC)c(-c2ccc(CN3CCCCC[C@@H]3c3ccc(C)cc3)[nH]2)c1. The van der Waals surface area contributed by atoms with Gasteiger partial charge in [-0.25, -0.2) is 8.42 Å². The van der Waals surface area contributed by atoms with Crippen molar-refractivity contribution in [3.05, 3.63) is 71.4 Å². The van der Waals surface area contributed by atoms with Gasteiger partial charge in [-0.05, 0) is 62.2 Å². The monoisotopic (exact) mass is 466 g/mol. The molecule has 1 aliphatic heterocycles. The van der Waals surface area contributed by atoms with Gasteiger partial charge in [0.25, 0.3) is 0 Å². The molecule has 2 heterocycles. The van der Waals surface area contributed by atoms with E-state index in [1.807, 2.05) is 6.07 Å². The molecule has 0 spiro atoms. The van der Waals surface area contributed by atoms with Gasteiger partial charge in [0.1, 0.15) is 5.75 Å². The molecule has 1 saturated heterocycles. The van der Waals surface area contributed by atoms with Crippen LogP contribution in [-0.4, -0.2) is 37.7 Å². The van der Waals surface area contributed by atoms with Crippen LogP contribution >= 0.6 is 0 Å². The van der Waals surface area contributed by atoms with Gasteiger partial charge in [0, 0.05) is 29.5 Å². The zero-order valence-electron chi connectivity index (χ0n) is 19.8. The Labute approximate surface area is 197 Å². The summed E-state index contributed by atoms with van der Waals surface area (Å²) in [5.41, 5.74) is 5.43. The van der Waals surface area contributed by atoms with Gasteiger partial charge >= 0.3 is 0 Å². The Hall–Kier alpha value is -2.57. The molecule has 176 valence electrons. The molecule has 0 bridgehead atoms. The van der Waals surface area contributed by atoms with Crippen molar-refractivity contribution in [1.82, 2.24) is 9.88 Å². The molecule has 1 N–H and O–H groups in total. The predicted molar refractivity (Wildman–Crippen MR) is 133 cm³/mol. The molecule has 6 heteroatoms. The summed E-state index contributed by atoms with van der Waals surface area (Å²) in [6.07, 6.45) is 4.90. The lowest BCUT2D eigenvalue weighted by Gasteiger charge is -2.30. The number of rotatable bonds is 7. The molecule has 1 fully saturated rings. The minimum Gasteiger partial charge on any atom is -0.496 e. The normalized spacial score (nSPS) is 17.6. The molecule has 2 aromatic carbocycles. The van der Waals surface area contributed by atoms with Gasteiger partial charge in [-0.2, -0.15) is 0 Å². The van der Waals surface area contributed by atoms with Crippen molar-refractivity contribution >= 4 is 9.84 Å². The number of likely N-dealkylation sites (tertiary alicyclic amines) is 1. The number of aromatic amines is 1. The number of aryl methyl sites for hydroxylation is 1. The van der Waals surface area contributed by atoms with E-state index in [9.17, 15) is 8.42 Å². The second kappa shape index (κ2) is 10.1. The van der Waals surface area contributed by atoms with Crippen LogP contribution in [0, 0.1) is 6.92 Å². The second-order valence-corrected chi connectivity index (χ2v) is 11.2. The Kier molecular flexibility index (Phi) is 7.25. The van der Waals surface area contributed by atoms with Gasteiger partial charge in [-0.15, -0.1) is 0 Å². The zero-order valence-corrected chi connectivity index (χ0v) is 20.6. The Bertz CT molecular complexity index is 1180. The fourth-order valence-electron chi connectivity index (χ4n) is 4.69. The first-order valence-corrected chi connectivity index (χ1v) is 13.5. The Morgan fingerprint density at radius 1 is 1.03 bits per heavy atom. The minimum atomic E-state index is -3.29. The van der Waals surface area contributed by atoms with Crippen LogP contribution in [0.3, 0.4) is 0 Å². The van der Waals surface area contributed by atoms with Crippen molar-refractivity contribution in [2.24, 2.45) is 0 Å². The summed E-state index contributed by atoms with van der Waals surface area (Å²) >= 11 is 0. The summed E-state index contributed by atoms with van der Waals surface area (Å²) < 4.78 is 30.4. The Morgan fingerprint density at radius 2 is 1.82 bits per heavy atom. The molecule has 1 atom stereocenters. The Morgan fingerprint density at radius 3 is 2.55 bits per heavy atom. The molecule has 33 heavy (non-hydrogen) atoms. The molecule has 0 unspecified atom stereocenters. The Balaban J connectivity index is 1.61. The number of ether oxygens (including phenoxy) is 1. The van der Waals surface area contributed by atoms with E-state index in [1.54, 1.807) is 32.2 Å². The average molecular weight is 467 g/mol. The maximum atomic E-state index is 12.4. The number of sulfone groups is 1. The summed E-state index contributed by atoms with van der Waals surface area (Å²) in [5.74, 6) is 0.732. The fourth-order valence-corrected chi connectivity index (χ4v) is 5.60. The van der Waals surface area contributed by atoms with Crippen LogP contribution in [0.5, 0.6) is 5.75 Å².